The van der Waals surface area contributed by atoms with E-state index in [4.69, 9.17) is 0 Å². The normalized spacial score (nSPS) is 22.6. The molecular weight excluding hydrogens is 324 g/mol. The van der Waals surface area contributed by atoms with Crippen LogP contribution in [-0.2, 0) is 0 Å². The molecule has 20 heavy (non-hydrogen) atoms. The highest BCUT2D eigenvalue weighted by Crippen LogP contribution is 2.32. The van der Waals surface area contributed by atoms with Crippen molar-refractivity contribution >= 4 is 27.3 Å². The number of nitro groups is 1. The maximum absolute atomic E-state index is 10.9. The summed E-state index contributed by atoms with van der Waals surface area (Å²) < 4.78 is 0.681. The van der Waals surface area contributed by atoms with Gasteiger partial charge in [0.2, 0.25) is 0 Å². The molecule has 0 radical (unpaired) electrons. The molecule has 0 amide bonds. The second-order valence-electron chi connectivity index (χ2n) is 5.37. The van der Waals surface area contributed by atoms with Crippen LogP contribution in [0.1, 0.15) is 31.2 Å². The number of nitro benzene ring substituents is 1. The van der Waals surface area contributed by atoms with Crippen molar-refractivity contribution < 1.29 is 10.0 Å². The summed E-state index contributed by atoms with van der Waals surface area (Å²) in [6.45, 7) is 2.42. The van der Waals surface area contributed by atoms with Gasteiger partial charge in [0, 0.05) is 34.3 Å². The number of hydrogen-bond acceptors (Lipinski definition) is 4. The average Bonchev–Trinajstić information content (AvgIpc) is 2.40. The predicted molar refractivity (Wildman–Crippen MR) is 82.0 cm³/mol. The van der Waals surface area contributed by atoms with Crippen molar-refractivity contribution in [2.24, 2.45) is 5.92 Å². The highest BCUT2D eigenvalue weighted by molar-refractivity contribution is 9.10. The maximum Gasteiger partial charge on any atom is 0.273 e. The first kappa shape index (κ1) is 15.3. The van der Waals surface area contributed by atoms with E-state index in [9.17, 15) is 15.2 Å². The summed E-state index contributed by atoms with van der Waals surface area (Å²) in [5.41, 5.74) is 1.58. The van der Waals surface area contributed by atoms with Crippen molar-refractivity contribution in [2.75, 3.05) is 11.9 Å². The third-order valence-corrected chi connectivity index (χ3v) is 4.56. The summed E-state index contributed by atoms with van der Waals surface area (Å²) in [4.78, 5) is 10.5. The number of rotatable bonds is 4. The molecule has 2 atom stereocenters. The van der Waals surface area contributed by atoms with Crippen molar-refractivity contribution in [1.82, 2.24) is 0 Å². The smallest absolute Gasteiger partial charge is 0.273 e. The van der Waals surface area contributed by atoms with Crippen LogP contribution in [0.15, 0.2) is 16.6 Å². The fourth-order valence-electron chi connectivity index (χ4n) is 2.67. The molecule has 1 aliphatic carbocycles. The van der Waals surface area contributed by atoms with Crippen LogP contribution in [0, 0.1) is 23.0 Å². The van der Waals surface area contributed by atoms with Crippen LogP contribution in [0.4, 0.5) is 11.4 Å². The van der Waals surface area contributed by atoms with Gasteiger partial charge in [0.1, 0.15) is 0 Å². The van der Waals surface area contributed by atoms with Gasteiger partial charge < -0.3 is 10.4 Å². The quantitative estimate of drug-likeness (QED) is 0.647. The number of aliphatic hydroxyl groups excluding tert-OH is 1. The molecule has 0 saturated heterocycles. The fraction of sp³-hybridized carbons (Fsp3) is 0.571. The van der Waals surface area contributed by atoms with Gasteiger partial charge >= 0.3 is 0 Å². The Morgan fingerprint density at radius 3 is 2.80 bits per heavy atom. The Morgan fingerprint density at radius 2 is 2.15 bits per heavy atom. The molecular formula is C14H19BrN2O3. The Bertz CT molecular complexity index is 507. The second kappa shape index (κ2) is 6.54. The fourth-order valence-corrected chi connectivity index (χ4v) is 3.14. The lowest BCUT2D eigenvalue weighted by atomic mass is 9.86. The minimum Gasteiger partial charge on any atom is -0.393 e. The highest BCUT2D eigenvalue weighted by Gasteiger charge is 2.23. The monoisotopic (exact) mass is 342 g/mol. The number of aliphatic hydroxyl groups is 1. The van der Waals surface area contributed by atoms with Crippen molar-refractivity contribution in [3.63, 3.8) is 0 Å². The zero-order chi connectivity index (χ0) is 14.7. The first-order valence-electron chi connectivity index (χ1n) is 6.85. The minimum absolute atomic E-state index is 0.111. The average molecular weight is 343 g/mol. The number of hydrogen-bond donors (Lipinski definition) is 2. The lowest BCUT2D eigenvalue weighted by molar-refractivity contribution is -0.385. The van der Waals surface area contributed by atoms with Gasteiger partial charge in [-0.3, -0.25) is 10.1 Å². The van der Waals surface area contributed by atoms with Crippen molar-refractivity contribution in [3.8, 4) is 0 Å². The summed E-state index contributed by atoms with van der Waals surface area (Å²) in [5.74, 6) is 0.256. The number of nitrogens with one attached hydrogen (secondary N) is 1. The molecule has 5 nitrogen and oxygen atoms in total. The molecule has 1 fully saturated rings. The van der Waals surface area contributed by atoms with Gasteiger partial charge in [-0.25, -0.2) is 0 Å². The van der Waals surface area contributed by atoms with Crippen LogP contribution < -0.4 is 5.32 Å². The lowest BCUT2D eigenvalue weighted by Crippen LogP contribution is -2.30. The van der Waals surface area contributed by atoms with E-state index in [1.54, 1.807) is 13.0 Å². The molecule has 0 spiro atoms. The van der Waals surface area contributed by atoms with E-state index >= 15 is 0 Å². The Kier molecular flexibility index (Phi) is 4.99. The summed E-state index contributed by atoms with van der Waals surface area (Å²) in [6, 6.07) is 3.30. The molecule has 0 heterocycles. The highest BCUT2D eigenvalue weighted by atomic mass is 79.9. The van der Waals surface area contributed by atoms with Crippen LogP contribution in [0.25, 0.3) is 0 Å². The van der Waals surface area contributed by atoms with E-state index in [-0.39, 0.29) is 22.6 Å². The Labute approximate surface area is 126 Å². The lowest BCUT2D eigenvalue weighted by Gasteiger charge is -2.28. The molecule has 1 aliphatic rings. The molecule has 110 valence electrons. The van der Waals surface area contributed by atoms with E-state index in [1.165, 1.54) is 6.07 Å². The molecule has 0 aromatic heterocycles. The van der Waals surface area contributed by atoms with E-state index < -0.39 is 0 Å². The number of aryl methyl sites for hydroxylation is 1. The van der Waals surface area contributed by atoms with Gasteiger partial charge in [0.25, 0.3) is 5.69 Å². The molecule has 6 heteroatoms. The van der Waals surface area contributed by atoms with Crippen LogP contribution >= 0.6 is 15.9 Å². The number of halogens is 1. The Hall–Kier alpha value is -1.14. The van der Waals surface area contributed by atoms with Crippen molar-refractivity contribution in [1.29, 1.82) is 0 Å². The zero-order valence-corrected chi connectivity index (χ0v) is 13.0. The second-order valence-corrected chi connectivity index (χ2v) is 6.22. The SMILES string of the molecule is Cc1cc(NCC2CCCCC2O)c(Br)cc1[N+](=O)[O-]. The minimum atomic E-state index is -0.380. The summed E-state index contributed by atoms with van der Waals surface area (Å²) >= 11 is 3.36. The van der Waals surface area contributed by atoms with Gasteiger partial charge in [-0.05, 0) is 41.8 Å². The third kappa shape index (κ3) is 3.49. The Balaban J connectivity index is 2.06. The third-order valence-electron chi connectivity index (χ3n) is 3.91. The van der Waals surface area contributed by atoms with Gasteiger partial charge in [0.05, 0.1) is 11.0 Å². The summed E-state index contributed by atoms with van der Waals surface area (Å²) in [6.07, 6.45) is 3.90. The van der Waals surface area contributed by atoms with Crippen LogP contribution in [-0.4, -0.2) is 22.7 Å². The first-order valence-corrected chi connectivity index (χ1v) is 7.65. The van der Waals surface area contributed by atoms with Crippen LogP contribution in [0.5, 0.6) is 0 Å². The molecule has 0 bridgehead atoms. The molecule has 2 rings (SSSR count). The van der Waals surface area contributed by atoms with E-state index in [0.29, 0.717) is 16.6 Å². The van der Waals surface area contributed by atoms with E-state index in [1.807, 2.05) is 0 Å². The van der Waals surface area contributed by atoms with Gasteiger partial charge in [-0.15, -0.1) is 0 Å². The summed E-state index contributed by atoms with van der Waals surface area (Å²) in [5, 5.41) is 24.1. The molecule has 1 aromatic rings. The molecule has 1 saturated carbocycles. The largest absolute Gasteiger partial charge is 0.393 e. The maximum atomic E-state index is 10.9. The number of benzene rings is 1. The molecule has 1 aromatic carbocycles. The van der Waals surface area contributed by atoms with Gasteiger partial charge in [-0.1, -0.05) is 12.8 Å². The summed E-state index contributed by atoms with van der Waals surface area (Å²) in [7, 11) is 0. The van der Waals surface area contributed by atoms with Gasteiger partial charge in [-0.2, -0.15) is 0 Å². The topological polar surface area (TPSA) is 75.4 Å². The van der Waals surface area contributed by atoms with Crippen molar-refractivity contribution in [3.05, 3.63) is 32.3 Å². The van der Waals surface area contributed by atoms with Gasteiger partial charge in [0.15, 0.2) is 0 Å². The number of anilines is 1. The predicted octanol–water partition coefficient (Wildman–Crippen LogP) is 3.63. The van der Waals surface area contributed by atoms with E-state index in [2.05, 4.69) is 21.2 Å². The molecule has 2 N–H and O–H groups in total. The molecule has 0 aliphatic heterocycles. The van der Waals surface area contributed by atoms with Crippen LogP contribution in [0.3, 0.4) is 0 Å². The molecule has 2 unspecified atom stereocenters. The van der Waals surface area contributed by atoms with Crippen LogP contribution in [0.2, 0.25) is 0 Å². The van der Waals surface area contributed by atoms with Crippen molar-refractivity contribution in [2.45, 2.75) is 38.7 Å². The number of nitrogens with zero attached hydrogens (tertiary/aromatic N) is 1. The first-order chi connectivity index (χ1) is 9.49. The zero-order valence-electron chi connectivity index (χ0n) is 11.4. The standard InChI is InChI=1S/C14H19BrN2O3/c1-9-6-12(11(15)7-13(9)17(19)20)16-8-10-4-2-3-5-14(10)18/h6-7,10,14,16,18H,2-5,8H2,1H3. The Morgan fingerprint density at radius 1 is 1.45 bits per heavy atom. The van der Waals surface area contributed by atoms with E-state index in [0.717, 1.165) is 31.4 Å².